The van der Waals surface area contributed by atoms with Gasteiger partial charge in [-0.2, -0.15) is 0 Å². The Morgan fingerprint density at radius 3 is 2.56 bits per heavy atom. The number of nitrogens with one attached hydrogen (secondary N) is 1. The molecule has 0 saturated carbocycles. The molecule has 0 bridgehead atoms. The number of halogens is 1. The highest BCUT2D eigenvalue weighted by Gasteiger charge is 2.21. The van der Waals surface area contributed by atoms with E-state index in [2.05, 4.69) is 12.2 Å². The Morgan fingerprint density at radius 1 is 1.20 bits per heavy atom. The first-order chi connectivity index (χ1) is 12.0. The smallest absolute Gasteiger partial charge is 0.321 e. The van der Waals surface area contributed by atoms with Crippen LogP contribution in [0.2, 0.25) is 0 Å². The van der Waals surface area contributed by atoms with Crippen LogP contribution in [-0.2, 0) is 6.54 Å². The molecule has 6 heteroatoms. The summed E-state index contributed by atoms with van der Waals surface area (Å²) in [6.07, 6.45) is 3.62. The molecule has 5 nitrogen and oxygen atoms in total. The van der Waals surface area contributed by atoms with Crippen LogP contribution in [0.25, 0.3) is 0 Å². The van der Waals surface area contributed by atoms with Gasteiger partial charge < -0.3 is 14.8 Å². The van der Waals surface area contributed by atoms with E-state index in [1.54, 1.807) is 35.4 Å². The molecular weight excluding hydrogens is 321 g/mol. The van der Waals surface area contributed by atoms with Crippen LogP contribution < -0.4 is 10.9 Å². The lowest BCUT2D eigenvalue weighted by molar-refractivity contribution is 0.186. The second kappa shape index (κ2) is 7.51. The van der Waals surface area contributed by atoms with Crippen molar-refractivity contribution in [1.29, 1.82) is 0 Å². The van der Waals surface area contributed by atoms with Crippen molar-refractivity contribution >= 4 is 11.7 Å². The predicted molar refractivity (Wildman–Crippen MR) is 95.2 cm³/mol. The molecule has 1 fully saturated rings. The Kier molecular flexibility index (Phi) is 5.16. The maximum atomic E-state index is 13.0. The van der Waals surface area contributed by atoms with Gasteiger partial charge in [-0.3, -0.25) is 4.79 Å². The van der Waals surface area contributed by atoms with Gasteiger partial charge in [-0.05, 0) is 48.6 Å². The van der Waals surface area contributed by atoms with Crippen molar-refractivity contribution in [1.82, 2.24) is 9.47 Å². The van der Waals surface area contributed by atoms with E-state index in [0.29, 0.717) is 25.6 Å². The van der Waals surface area contributed by atoms with Crippen LogP contribution in [0.4, 0.5) is 14.9 Å². The molecular formula is C19H22FN3O2. The number of amides is 2. The summed E-state index contributed by atoms with van der Waals surface area (Å²) >= 11 is 0. The Morgan fingerprint density at radius 2 is 1.88 bits per heavy atom. The maximum absolute atomic E-state index is 13.0. The topological polar surface area (TPSA) is 54.3 Å². The fraction of sp³-hybridized carbons (Fsp3) is 0.368. The number of hydrogen-bond donors (Lipinski definition) is 1. The van der Waals surface area contributed by atoms with Gasteiger partial charge in [-0.15, -0.1) is 0 Å². The average molecular weight is 343 g/mol. The molecule has 1 aromatic carbocycles. The zero-order valence-corrected chi connectivity index (χ0v) is 14.2. The molecule has 2 amide bonds. The fourth-order valence-electron chi connectivity index (χ4n) is 2.95. The lowest BCUT2D eigenvalue weighted by Gasteiger charge is -2.30. The number of aromatic nitrogens is 1. The number of carbonyl (C=O) groups is 1. The van der Waals surface area contributed by atoms with E-state index >= 15 is 0 Å². The van der Waals surface area contributed by atoms with E-state index in [4.69, 9.17) is 0 Å². The molecule has 0 radical (unpaired) electrons. The van der Waals surface area contributed by atoms with Gasteiger partial charge in [0.25, 0.3) is 5.56 Å². The molecule has 1 aliphatic rings. The molecule has 0 aliphatic carbocycles. The second-order valence-electron chi connectivity index (χ2n) is 6.58. The monoisotopic (exact) mass is 343 g/mol. The lowest BCUT2D eigenvalue weighted by Crippen LogP contribution is -2.41. The van der Waals surface area contributed by atoms with E-state index in [1.807, 2.05) is 0 Å². The summed E-state index contributed by atoms with van der Waals surface area (Å²) < 4.78 is 14.5. The van der Waals surface area contributed by atoms with Crippen molar-refractivity contribution in [3.05, 3.63) is 64.3 Å². The average Bonchev–Trinajstić information content (AvgIpc) is 2.61. The number of benzene rings is 1. The lowest BCUT2D eigenvalue weighted by atomic mass is 10.00. The third-order valence-corrected chi connectivity index (χ3v) is 4.60. The molecule has 25 heavy (non-hydrogen) atoms. The molecule has 0 unspecified atom stereocenters. The van der Waals surface area contributed by atoms with Gasteiger partial charge >= 0.3 is 6.03 Å². The third kappa shape index (κ3) is 4.26. The summed E-state index contributed by atoms with van der Waals surface area (Å²) in [5.74, 6) is 0.321. The highest BCUT2D eigenvalue weighted by Crippen LogP contribution is 2.16. The molecule has 1 aromatic heterocycles. The first kappa shape index (κ1) is 17.2. The zero-order valence-electron chi connectivity index (χ0n) is 14.2. The van der Waals surface area contributed by atoms with E-state index in [1.165, 1.54) is 16.7 Å². The molecule has 2 aromatic rings. The Bertz CT molecular complexity index is 793. The minimum absolute atomic E-state index is 0.233. The van der Waals surface area contributed by atoms with Gasteiger partial charge in [-0.25, -0.2) is 9.18 Å². The normalized spacial score (nSPS) is 15.2. The van der Waals surface area contributed by atoms with Gasteiger partial charge in [-0.1, -0.05) is 19.1 Å². The van der Waals surface area contributed by atoms with Crippen LogP contribution in [0.15, 0.2) is 47.4 Å². The van der Waals surface area contributed by atoms with E-state index in [0.717, 1.165) is 18.4 Å². The number of piperidine rings is 1. The summed E-state index contributed by atoms with van der Waals surface area (Å²) in [6.45, 7) is 3.93. The van der Waals surface area contributed by atoms with Crippen molar-refractivity contribution in [2.24, 2.45) is 5.92 Å². The van der Waals surface area contributed by atoms with E-state index < -0.39 is 0 Å². The number of hydrogen-bond acceptors (Lipinski definition) is 2. The summed E-state index contributed by atoms with van der Waals surface area (Å²) in [5, 5.41) is 2.72. The molecule has 1 saturated heterocycles. The third-order valence-electron chi connectivity index (χ3n) is 4.60. The van der Waals surface area contributed by atoms with E-state index in [-0.39, 0.29) is 23.1 Å². The fourth-order valence-corrected chi connectivity index (χ4v) is 2.95. The summed E-state index contributed by atoms with van der Waals surface area (Å²) in [7, 11) is 0. The predicted octanol–water partition coefficient (Wildman–Crippen LogP) is 3.30. The minimum atomic E-state index is -0.312. The van der Waals surface area contributed by atoms with Crippen molar-refractivity contribution in [2.45, 2.75) is 26.3 Å². The Hall–Kier alpha value is -2.63. The number of urea groups is 1. The molecule has 3 rings (SSSR count). The number of carbonyl (C=O) groups excluding carboxylic acids is 1. The van der Waals surface area contributed by atoms with Gasteiger partial charge in [0.05, 0.1) is 6.54 Å². The standard InChI is InChI=1S/C19H22FN3O2/c1-14-8-11-22(12-9-14)19(25)21-17-3-2-10-23(18(17)24)13-15-4-6-16(20)7-5-15/h2-7,10,14H,8-9,11-13H2,1H3,(H,21,25). The first-order valence-corrected chi connectivity index (χ1v) is 8.53. The van der Waals surface area contributed by atoms with Crippen LogP contribution in [-0.4, -0.2) is 28.6 Å². The van der Waals surface area contributed by atoms with Crippen LogP contribution in [0.3, 0.4) is 0 Å². The van der Waals surface area contributed by atoms with Crippen molar-refractivity contribution in [3.8, 4) is 0 Å². The maximum Gasteiger partial charge on any atom is 0.321 e. The van der Waals surface area contributed by atoms with Gasteiger partial charge in [0.2, 0.25) is 0 Å². The number of nitrogens with zero attached hydrogens (tertiary/aromatic N) is 2. The van der Waals surface area contributed by atoms with Gasteiger partial charge in [0, 0.05) is 19.3 Å². The van der Waals surface area contributed by atoms with Crippen LogP contribution in [0, 0.1) is 11.7 Å². The summed E-state index contributed by atoms with van der Waals surface area (Å²) in [4.78, 5) is 26.7. The Balaban J connectivity index is 1.71. The van der Waals surface area contributed by atoms with Crippen LogP contribution in [0.5, 0.6) is 0 Å². The SMILES string of the molecule is CC1CCN(C(=O)Nc2cccn(Cc3ccc(F)cc3)c2=O)CC1. The molecule has 0 atom stereocenters. The molecule has 2 heterocycles. The molecule has 1 aliphatic heterocycles. The summed E-state index contributed by atoms with van der Waals surface area (Å²) in [6, 6.07) is 9.10. The number of rotatable bonds is 3. The van der Waals surface area contributed by atoms with Gasteiger partial charge in [0.1, 0.15) is 11.5 Å². The molecule has 1 N–H and O–H groups in total. The van der Waals surface area contributed by atoms with Crippen LogP contribution >= 0.6 is 0 Å². The highest BCUT2D eigenvalue weighted by atomic mass is 19.1. The first-order valence-electron chi connectivity index (χ1n) is 8.53. The van der Waals surface area contributed by atoms with Crippen molar-refractivity contribution in [3.63, 3.8) is 0 Å². The Labute approximate surface area is 146 Å². The number of likely N-dealkylation sites (tertiary alicyclic amines) is 1. The largest absolute Gasteiger partial charge is 0.325 e. The number of pyridine rings is 1. The quantitative estimate of drug-likeness (QED) is 0.930. The zero-order chi connectivity index (χ0) is 17.8. The molecule has 0 spiro atoms. The van der Waals surface area contributed by atoms with E-state index in [9.17, 15) is 14.0 Å². The number of anilines is 1. The van der Waals surface area contributed by atoms with Gasteiger partial charge in [0.15, 0.2) is 0 Å². The second-order valence-corrected chi connectivity index (χ2v) is 6.58. The summed E-state index contributed by atoms with van der Waals surface area (Å²) in [5.41, 5.74) is 0.802. The minimum Gasteiger partial charge on any atom is -0.325 e. The van der Waals surface area contributed by atoms with Crippen molar-refractivity contribution in [2.75, 3.05) is 18.4 Å². The molecule has 132 valence electrons. The van der Waals surface area contributed by atoms with Crippen molar-refractivity contribution < 1.29 is 9.18 Å². The van der Waals surface area contributed by atoms with Crippen LogP contribution in [0.1, 0.15) is 25.3 Å². The highest BCUT2D eigenvalue weighted by molar-refractivity contribution is 5.89.